The molecule has 2 atom stereocenters. The van der Waals surface area contributed by atoms with Crippen molar-refractivity contribution < 1.29 is 5.11 Å². The van der Waals surface area contributed by atoms with Crippen LogP contribution in [0.4, 0.5) is 0 Å². The zero-order chi connectivity index (χ0) is 9.42. The van der Waals surface area contributed by atoms with E-state index in [0.29, 0.717) is 12.5 Å². The van der Waals surface area contributed by atoms with Crippen LogP contribution in [-0.2, 0) is 0 Å². The SMILES string of the molecule is Cc1ccc2c(c1)C(CN)CC2O. The van der Waals surface area contributed by atoms with E-state index in [1.54, 1.807) is 0 Å². The molecule has 0 radical (unpaired) electrons. The normalized spacial score (nSPS) is 26.1. The molecular formula is C11H15NO. The van der Waals surface area contributed by atoms with E-state index in [0.717, 1.165) is 12.0 Å². The second-order valence-electron chi connectivity index (χ2n) is 3.82. The molecule has 70 valence electrons. The average molecular weight is 177 g/mol. The van der Waals surface area contributed by atoms with Gasteiger partial charge >= 0.3 is 0 Å². The molecule has 0 fully saturated rings. The first kappa shape index (κ1) is 8.73. The van der Waals surface area contributed by atoms with Crippen LogP contribution >= 0.6 is 0 Å². The summed E-state index contributed by atoms with van der Waals surface area (Å²) in [5, 5.41) is 9.72. The Morgan fingerprint density at radius 2 is 2.23 bits per heavy atom. The lowest BCUT2D eigenvalue weighted by molar-refractivity contribution is 0.173. The van der Waals surface area contributed by atoms with Crippen LogP contribution in [0.5, 0.6) is 0 Å². The molecule has 13 heavy (non-hydrogen) atoms. The zero-order valence-corrected chi connectivity index (χ0v) is 7.83. The molecule has 1 aromatic carbocycles. The summed E-state index contributed by atoms with van der Waals surface area (Å²) in [6, 6.07) is 6.20. The summed E-state index contributed by atoms with van der Waals surface area (Å²) >= 11 is 0. The number of aryl methyl sites for hydroxylation is 1. The van der Waals surface area contributed by atoms with Crippen LogP contribution in [0.2, 0.25) is 0 Å². The van der Waals surface area contributed by atoms with Gasteiger partial charge in [-0.15, -0.1) is 0 Å². The second kappa shape index (κ2) is 3.13. The van der Waals surface area contributed by atoms with Gasteiger partial charge in [0, 0.05) is 0 Å². The monoisotopic (exact) mass is 177 g/mol. The van der Waals surface area contributed by atoms with Crippen LogP contribution < -0.4 is 5.73 Å². The Balaban J connectivity index is 2.46. The summed E-state index contributed by atoms with van der Waals surface area (Å²) in [6.45, 7) is 2.70. The molecule has 0 saturated heterocycles. The van der Waals surface area contributed by atoms with E-state index < -0.39 is 0 Å². The Kier molecular flexibility index (Phi) is 2.10. The fraction of sp³-hybridized carbons (Fsp3) is 0.455. The van der Waals surface area contributed by atoms with E-state index in [-0.39, 0.29) is 6.10 Å². The van der Waals surface area contributed by atoms with Crippen LogP contribution in [0.3, 0.4) is 0 Å². The maximum absolute atomic E-state index is 9.72. The van der Waals surface area contributed by atoms with Gasteiger partial charge < -0.3 is 10.8 Å². The van der Waals surface area contributed by atoms with Crippen molar-refractivity contribution in [2.24, 2.45) is 5.73 Å². The Morgan fingerprint density at radius 3 is 2.92 bits per heavy atom. The number of nitrogens with two attached hydrogens (primary N) is 1. The minimum Gasteiger partial charge on any atom is -0.388 e. The van der Waals surface area contributed by atoms with E-state index in [2.05, 4.69) is 13.0 Å². The van der Waals surface area contributed by atoms with Gasteiger partial charge in [0.2, 0.25) is 0 Å². The van der Waals surface area contributed by atoms with Crippen LogP contribution in [0, 0.1) is 6.92 Å². The molecule has 0 aromatic heterocycles. The van der Waals surface area contributed by atoms with Gasteiger partial charge in [0.1, 0.15) is 0 Å². The van der Waals surface area contributed by atoms with Gasteiger partial charge in [-0.05, 0) is 36.9 Å². The van der Waals surface area contributed by atoms with E-state index in [1.807, 2.05) is 12.1 Å². The van der Waals surface area contributed by atoms with E-state index in [1.165, 1.54) is 11.1 Å². The molecule has 1 aromatic rings. The highest BCUT2D eigenvalue weighted by molar-refractivity contribution is 5.39. The Bertz CT molecular complexity index is 322. The van der Waals surface area contributed by atoms with Crippen LogP contribution in [0.15, 0.2) is 18.2 Å². The van der Waals surface area contributed by atoms with Gasteiger partial charge in [0.15, 0.2) is 0 Å². The first-order valence-electron chi connectivity index (χ1n) is 4.71. The molecular weight excluding hydrogens is 162 g/mol. The fourth-order valence-electron chi connectivity index (χ4n) is 2.10. The smallest absolute Gasteiger partial charge is 0.0799 e. The van der Waals surface area contributed by atoms with Crippen LogP contribution in [0.1, 0.15) is 35.1 Å². The number of rotatable bonds is 1. The highest BCUT2D eigenvalue weighted by Gasteiger charge is 2.28. The Labute approximate surface area is 78.4 Å². The van der Waals surface area contributed by atoms with Crippen molar-refractivity contribution in [3.8, 4) is 0 Å². The van der Waals surface area contributed by atoms with Crippen LogP contribution in [-0.4, -0.2) is 11.7 Å². The maximum atomic E-state index is 9.72. The van der Waals surface area contributed by atoms with Crippen molar-refractivity contribution in [1.29, 1.82) is 0 Å². The number of hydrogen-bond donors (Lipinski definition) is 2. The topological polar surface area (TPSA) is 46.2 Å². The van der Waals surface area contributed by atoms with Gasteiger partial charge in [-0.3, -0.25) is 0 Å². The first-order chi connectivity index (χ1) is 6.22. The van der Waals surface area contributed by atoms with Crippen molar-refractivity contribution in [3.63, 3.8) is 0 Å². The highest BCUT2D eigenvalue weighted by Crippen LogP contribution is 2.39. The van der Waals surface area contributed by atoms with E-state index in [4.69, 9.17) is 5.73 Å². The second-order valence-corrected chi connectivity index (χ2v) is 3.82. The highest BCUT2D eigenvalue weighted by atomic mass is 16.3. The molecule has 0 amide bonds. The summed E-state index contributed by atoms with van der Waals surface area (Å²) in [5.41, 5.74) is 9.21. The molecule has 0 spiro atoms. The van der Waals surface area contributed by atoms with Gasteiger partial charge in [-0.1, -0.05) is 23.8 Å². The standard InChI is InChI=1S/C11H15NO/c1-7-2-3-9-10(4-7)8(6-12)5-11(9)13/h2-4,8,11,13H,5-6,12H2,1H3. The quantitative estimate of drug-likeness (QED) is 0.682. The van der Waals surface area contributed by atoms with Crippen molar-refractivity contribution in [2.45, 2.75) is 25.4 Å². The number of aliphatic hydroxyl groups is 1. The lowest BCUT2D eigenvalue weighted by Crippen LogP contribution is -2.09. The third-order valence-corrected chi connectivity index (χ3v) is 2.83. The molecule has 1 aliphatic rings. The van der Waals surface area contributed by atoms with E-state index >= 15 is 0 Å². The van der Waals surface area contributed by atoms with Gasteiger partial charge in [-0.25, -0.2) is 0 Å². The lowest BCUT2D eigenvalue weighted by atomic mass is 10.00. The number of aliphatic hydroxyl groups excluding tert-OH is 1. The van der Waals surface area contributed by atoms with Crippen molar-refractivity contribution in [3.05, 3.63) is 34.9 Å². The molecule has 0 heterocycles. The third kappa shape index (κ3) is 1.36. The Morgan fingerprint density at radius 1 is 1.46 bits per heavy atom. The molecule has 2 unspecified atom stereocenters. The summed E-state index contributed by atoms with van der Waals surface area (Å²) < 4.78 is 0. The summed E-state index contributed by atoms with van der Waals surface area (Å²) in [4.78, 5) is 0. The zero-order valence-electron chi connectivity index (χ0n) is 7.83. The summed E-state index contributed by atoms with van der Waals surface area (Å²) in [6.07, 6.45) is 0.485. The third-order valence-electron chi connectivity index (χ3n) is 2.83. The first-order valence-corrected chi connectivity index (χ1v) is 4.71. The lowest BCUT2D eigenvalue weighted by Gasteiger charge is -2.07. The molecule has 0 bridgehead atoms. The predicted molar refractivity (Wildman–Crippen MR) is 52.6 cm³/mol. The molecule has 2 heteroatoms. The molecule has 3 N–H and O–H groups in total. The number of benzene rings is 1. The largest absolute Gasteiger partial charge is 0.388 e. The summed E-state index contributed by atoms with van der Waals surface area (Å²) in [7, 11) is 0. The minimum absolute atomic E-state index is 0.302. The molecule has 1 aliphatic carbocycles. The van der Waals surface area contributed by atoms with Crippen molar-refractivity contribution in [2.75, 3.05) is 6.54 Å². The van der Waals surface area contributed by atoms with Gasteiger partial charge in [0.25, 0.3) is 0 Å². The van der Waals surface area contributed by atoms with Gasteiger partial charge in [0.05, 0.1) is 6.10 Å². The van der Waals surface area contributed by atoms with E-state index in [9.17, 15) is 5.11 Å². The van der Waals surface area contributed by atoms with Crippen molar-refractivity contribution >= 4 is 0 Å². The minimum atomic E-state index is -0.302. The predicted octanol–water partition coefficient (Wildman–Crippen LogP) is 1.47. The molecule has 2 rings (SSSR count). The number of hydrogen-bond acceptors (Lipinski definition) is 2. The maximum Gasteiger partial charge on any atom is 0.0799 e. The molecule has 2 nitrogen and oxygen atoms in total. The number of fused-ring (bicyclic) bond motifs is 1. The Hall–Kier alpha value is -0.860. The summed E-state index contributed by atoms with van der Waals surface area (Å²) in [5.74, 6) is 0.352. The molecule has 0 aliphatic heterocycles. The van der Waals surface area contributed by atoms with Gasteiger partial charge in [-0.2, -0.15) is 0 Å². The van der Waals surface area contributed by atoms with Crippen LogP contribution in [0.25, 0.3) is 0 Å². The van der Waals surface area contributed by atoms with Crippen molar-refractivity contribution in [1.82, 2.24) is 0 Å². The molecule has 0 saturated carbocycles. The average Bonchev–Trinajstić information content (AvgIpc) is 2.42. The fourth-order valence-corrected chi connectivity index (χ4v) is 2.10.